The molecule has 1 N–H and O–H groups in total. The SMILES string of the molecule is N#CCNC(=O)[C@@H]1CC[C@@H](S(=O)(=O)c2ccccc2Cl)C1. The van der Waals surface area contributed by atoms with Crippen molar-refractivity contribution in [2.75, 3.05) is 6.54 Å². The highest BCUT2D eigenvalue weighted by atomic mass is 35.5. The number of nitrogens with zero attached hydrogens (tertiary/aromatic N) is 1. The van der Waals surface area contributed by atoms with Gasteiger partial charge in [-0.2, -0.15) is 5.26 Å². The lowest BCUT2D eigenvalue weighted by atomic mass is 10.1. The molecule has 2 atom stereocenters. The minimum atomic E-state index is -3.53. The number of sulfone groups is 1. The monoisotopic (exact) mass is 326 g/mol. The van der Waals surface area contributed by atoms with Gasteiger partial charge in [-0.25, -0.2) is 8.42 Å². The fourth-order valence-electron chi connectivity index (χ4n) is 2.59. The van der Waals surface area contributed by atoms with Crippen LogP contribution in [0.4, 0.5) is 0 Å². The van der Waals surface area contributed by atoms with Crippen LogP contribution in [0.15, 0.2) is 29.2 Å². The Morgan fingerprint density at radius 1 is 1.38 bits per heavy atom. The van der Waals surface area contributed by atoms with Gasteiger partial charge in [0.25, 0.3) is 0 Å². The summed E-state index contributed by atoms with van der Waals surface area (Å²) in [4.78, 5) is 11.9. The molecule has 0 unspecified atom stereocenters. The minimum Gasteiger partial charge on any atom is -0.343 e. The predicted octanol–water partition coefficient (Wildman–Crippen LogP) is 1.92. The first-order chi connectivity index (χ1) is 9.96. The molecule has 1 aliphatic rings. The number of halogens is 1. The Hall–Kier alpha value is -1.58. The van der Waals surface area contributed by atoms with Crippen LogP contribution in [0, 0.1) is 17.2 Å². The molecule has 0 saturated heterocycles. The Kier molecular flexibility index (Phi) is 4.86. The number of benzene rings is 1. The second kappa shape index (κ2) is 6.46. The van der Waals surface area contributed by atoms with Gasteiger partial charge >= 0.3 is 0 Å². The molecule has 1 fully saturated rings. The summed E-state index contributed by atoms with van der Waals surface area (Å²) >= 11 is 5.96. The third-order valence-electron chi connectivity index (χ3n) is 3.68. The Morgan fingerprint density at radius 2 is 2.10 bits per heavy atom. The van der Waals surface area contributed by atoms with Gasteiger partial charge in [-0.1, -0.05) is 23.7 Å². The van der Waals surface area contributed by atoms with E-state index in [-0.39, 0.29) is 34.7 Å². The van der Waals surface area contributed by atoms with Crippen LogP contribution in [0.2, 0.25) is 5.02 Å². The van der Waals surface area contributed by atoms with E-state index < -0.39 is 15.1 Å². The van der Waals surface area contributed by atoms with Crippen LogP contribution < -0.4 is 5.32 Å². The number of nitriles is 1. The summed E-state index contributed by atoms with van der Waals surface area (Å²) in [6, 6.07) is 8.16. The maximum atomic E-state index is 12.6. The van der Waals surface area contributed by atoms with E-state index >= 15 is 0 Å². The summed E-state index contributed by atoms with van der Waals surface area (Å²) in [5.41, 5.74) is 0. The van der Waals surface area contributed by atoms with Gasteiger partial charge in [-0.05, 0) is 31.4 Å². The molecule has 5 nitrogen and oxygen atoms in total. The topological polar surface area (TPSA) is 87.0 Å². The number of hydrogen-bond acceptors (Lipinski definition) is 4. The van der Waals surface area contributed by atoms with Gasteiger partial charge in [0.15, 0.2) is 9.84 Å². The Balaban J connectivity index is 2.13. The molecule has 0 radical (unpaired) electrons. The van der Waals surface area contributed by atoms with Crippen molar-refractivity contribution >= 4 is 27.3 Å². The van der Waals surface area contributed by atoms with Crippen LogP contribution in [-0.4, -0.2) is 26.1 Å². The molecular formula is C14H15ClN2O3S. The smallest absolute Gasteiger partial charge is 0.223 e. The zero-order valence-corrected chi connectivity index (χ0v) is 12.8. The van der Waals surface area contributed by atoms with Gasteiger partial charge in [-0.3, -0.25) is 4.79 Å². The van der Waals surface area contributed by atoms with E-state index in [9.17, 15) is 13.2 Å². The summed E-state index contributed by atoms with van der Waals surface area (Å²) in [5.74, 6) is -0.617. The zero-order valence-electron chi connectivity index (χ0n) is 11.3. The van der Waals surface area contributed by atoms with Crippen molar-refractivity contribution in [2.24, 2.45) is 5.92 Å². The molecule has 1 amide bonds. The summed E-state index contributed by atoms with van der Waals surface area (Å²) < 4.78 is 25.1. The van der Waals surface area contributed by atoms with Crippen molar-refractivity contribution in [3.8, 4) is 6.07 Å². The van der Waals surface area contributed by atoms with E-state index in [0.29, 0.717) is 12.8 Å². The number of amides is 1. The highest BCUT2D eigenvalue weighted by Crippen LogP contribution is 2.35. The molecule has 0 heterocycles. The average Bonchev–Trinajstić information content (AvgIpc) is 2.95. The van der Waals surface area contributed by atoms with Crippen LogP contribution >= 0.6 is 11.6 Å². The van der Waals surface area contributed by atoms with E-state index in [1.54, 1.807) is 18.2 Å². The van der Waals surface area contributed by atoms with E-state index in [4.69, 9.17) is 16.9 Å². The standard InChI is InChI=1S/C14H15ClN2O3S/c15-12-3-1-2-4-13(12)21(19,20)11-6-5-10(9-11)14(18)17-8-7-16/h1-4,10-11H,5-6,8-9H2,(H,17,18)/t10-,11-/m1/s1. The van der Waals surface area contributed by atoms with Gasteiger partial charge < -0.3 is 5.32 Å². The Morgan fingerprint density at radius 3 is 2.76 bits per heavy atom. The van der Waals surface area contributed by atoms with Crippen molar-refractivity contribution in [3.05, 3.63) is 29.3 Å². The number of nitrogens with one attached hydrogen (secondary N) is 1. The van der Waals surface area contributed by atoms with Crippen LogP contribution in [0.25, 0.3) is 0 Å². The third-order valence-corrected chi connectivity index (χ3v) is 6.40. The Labute approximate surface area is 128 Å². The van der Waals surface area contributed by atoms with Crippen molar-refractivity contribution in [1.82, 2.24) is 5.32 Å². The fourth-order valence-corrected chi connectivity index (χ4v) is 4.94. The van der Waals surface area contributed by atoms with Crippen molar-refractivity contribution in [1.29, 1.82) is 5.26 Å². The fraction of sp³-hybridized carbons (Fsp3) is 0.429. The molecule has 1 aromatic rings. The van der Waals surface area contributed by atoms with Gasteiger partial charge in [0.2, 0.25) is 5.91 Å². The largest absolute Gasteiger partial charge is 0.343 e. The van der Waals surface area contributed by atoms with E-state index in [2.05, 4.69) is 5.32 Å². The molecule has 0 spiro atoms. The second-order valence-corrected chi connectivity index (χ2v) is 7.59. The van der Waals surface area contributed by atoms with Crippen molar-refractivity contribution in [2.45, 2.75) is 29.4 Å². The molecule has 1 saturated carbocycles. The normalized spacial score (nSPS) is 21.7. The minimum absolute atomic E-state index is 0.0583. The molecule has 2 rings (SSSR count). The summed E-state index contributed by atoms with van der Waals surface area (Å²) in [6.07, 6.45) is 1.20. The third kappa shape index (κ3) is 3.36. The molecular weight excluding hydrogens is 312 g/mol. The predicted molar refractivity (Wildman–Crippen MR) is 78.4 cm³/mol. The van der Waals surface area contributed by atoms with Gasteiger partial charge in [0, 0.05) is 5.92 Å². The molecule has 0 bridgehead atoms. The van der Waals surface area contributed by atoms with E-state index in [1.807, 2.05) is 6.07 Å². The van der Waals surface area contributed by atoms with Crippen molar-refractivity contribution in [3.63, 3.8) is 0 Å². The summed E-state index contributed by atoms with van der Waals surface area (Å²) in [6.45, 7) is -0.0583. The average molecular weight is 327 g/mol. The molecule has 7 heteroatoms. The maximum absolute atomic E-state index is 12.6. The van der Waals surface area contributed by atoms with Crippen LogP contribution in [0.1, 0.15) is 19.3 Å². The lowest BCUT2D eigenvalue weighted by molar-refractivity contribution is -0.124. The van der Waals surface area contributed by atoms with Gasteiger partial charge in [0.05, 0.1) is 21.2 Å². The zero-order chi connectivity index (χ0) is 15.5. The first-order valence-corrected chi connectivity index (χ1v) is 8.52. The Bertz CT molecular complexity index is 682. The van der Waals surface area contributed by atoms with E-state index in [0.717, 1.165) is 0 Å². The molecule has 1 aliphatic carbocycles. The maximum Gasteiger partial charge on any atom is 0.223 e. The first-order valence-electron chi connectivity index (χ1n) is 6.60. The van der Waals surface area contributed by atoms with Gasteiger partial charge in [0.1, 0.15) is 6.54 Å². The highest BCUT2D eigenvalue weighted by molar-refractivity contribution is 7.92. The summed E-state index contributed by atoms with van der Waals surface area (Å²) in [5, 5.41) is 10.5. The number of hydrogen-bond donors (Lipinski definition) is 1. The molecule has 0 aromatic heterocycles. The molecule has 1 aromatic carbocycles. The van der Waals surface area contributed by atoms with E-state index in [1.165, 1.54) is 6.07 Å². The highest BCUT2D eigenvalue weighted by Gasteiger charge is 2.38. The van der Waals surface area contributed by atoms with Crippen LogP contribution in [0.5, 0.6) is 0 Å². The second-order valence-electron chi connectivity index (χ2n) is 4.98. The molecule has 0 aliphatic heterocycles. The molecule has 21 heavy (non-hydrogen) atoms. The number of carbonyl (C=O) groups is 1. The lowest BCUT2D eigenvalue weighted by Gasteiger charge is -2.13. The number of carbonyl (C=O) groups excluding carboxylic acids is 1. The quantitative estimate of drug-likeness (QED) is 0.856. The summed E-state index contributed by atoms with van der Waals surface area (Å²) in [7, 11) is -3.53. The van der Waals surface area contributed by atoms with Gasteiger partial charge in [-0.15, -0.1) is 0 Å². The van der Waals surface area contributed by atoms with Crippen molar-refractivity contribution < 1.29 is 13.2 Å². The lowest BCUT2D eigenvalue weighted by Crippen LogP contribution is -2.30. The molecule has 112 valence electrons. The number of rotatable bonds is 4. The first kappa shape index (κ1) is 15.8. The van der Waals surface area contributed by atoms with Crippen LogP contribution in [0.3, 0.4) is 0 Å². The van der Waals surface area contributed by atoms with Crippen LogP contribution in [-0.2, 0) is 14.6 Å².